The van der Waals surface area contributed by atoms with Crippen molar-refractivity contribution in [2.75, 3.05) is 12.4 Å². The van der Waals surface area contributed by atoms with Gasteiger partial charge in [-0.15, -0.1) is 21.5 Å². The van der Waals surface area contributed by atoms with Crippen LogP contribution in [0.25, 0.3) is 10.7 Å². The summed E-state index contributed by atoms with van der Waals surface area (Å²) in [5, 5.41) is 9.82. The molecule has 1 aliphatic rings. The fraction of sp³-hybridized carbons (Fsp3) is 0.429. The number of nitrogens with zero attached hydrogens (tertiary/aromatic N) is 3. The Balaban J connectivity index is 1.37. The number of fused-ring (bicyclic) bond motifs is 1. The van der Waals surface area contributed by atoms with Gasteiger partial charge in [-0.2, -0.15) is 0 Å². The van der Waals surface area contributed by atoms with Crippen molar-refractivity contribution >= 4 is 39.0 Å². The van der Waals surface area contributed by atoms with Crippen LogP contribution in [-0.4, -0.2) is 27.1 Å². The predicted molar refractivity (Wildman–Crippen MR) is 120 cm³/mol. The van der Waals surface area contributed by atoms with Crippen molar-refractivity contribution in [2.24, 2.45) is 13.0 Å². The number of aryl methyl sites for hydroxylation is 1. The molecule has 4 rings (SSSR count). The number of ether oxygens (including phenoxy) is 1. The second-order valence-corrected chi connectivity index (χ2v) is 10.2. The Hall–Kier alpha value is -1.31. The number of hydrogen-bond acceptors (Lipinski definition) is 5. The average Bonchev–Trinajstić information content (AvgIpc) is 3.29. The van der Waals surface area contributed by atoms with Crippen LogP contribution in [0.1, 0.15) is 30.2 Å². The van der Waals surface area contributed by atoms with Crippen LogP contribution < -0.4 is 4.74 Å². The molecule has 7 heteroatoms. The fourth-order valence-corrected chi connectivity index (χ4v) is 5.76. The molecular formula is C21H24BrN3OS2. The maximum absolute atomic E-state index is 5.79. The molecule has 0 spiro atoms. The van der Waals surface area contributed by atoms with Gasteiger partial charge in [0.2, 0.25) is 0 Å². The molecule has 2 aromatic heterocycles. The quantitative estimate of drug-likeness (QED) is 0.309. The Labute approximate surface area is 182 Å². The zero-order valence-electron chi connectivity index (χ0n) is 16.2. The van der Waals surface area contributed by atoms with Gasteiger partial charge < -0.3 is 9.30 Å². The van der Waals surface area contributed by atoms with E-state index in [4.69, 9.17) is 4.74 Å². The van der Waals surface area contributed by atoms with Crippen molar-refractivity contribution in [1.82, 2.24) is 14.8 Å². The lowest BCUT2D eigenvalue weighted by molar-refractivity contribution is 0.344. The number of thiophene rings is 1. The summed E-state index contributed by atoms with van der Waals surface area (Å²) in [6.07, 6.45) is 5.03. The van der Waals surface area contributed by atoms with E-state index in [1.165, 1.54) is 36.1 Å². The van der Waals surface area contributed by atoms with Crippen LogP contribution in [0.3, 0.4) is 0 Å². The molecule has 28 heavy (non-hydrogen) atoms. The summed E-state index contributed by atoms with van der Waals surface area (Å²) >= 11 is 7.01. The highest BCUT2D eigenvalue weighted by Gasteiger charge is 2.22. The minimum Gasteiger partial charge on any atom is -0.493 e. The summed E-state index contributed by atoms with van der Waals surface area (Å²) in [4.78, 5) is 2.79. The number of halogens is 1. The molecule has 0 radical (unpaired) electrons. The van der Waals surface area contributed by atoms with E-state index in [1.54, 1.807) is 16.6 Å². The number of thioether (sulfide) groups is 1. The summed E-state index contributed by atoms with van der Waals surface area (Å²) in [6.45, 7) is 2.94. The molecule has 0 bridgehead atoms. The summed E-state index contributed by atoms with van der Waals surface area (Å²) in [7, 11) is 2.06. The number of benzene rings is 1. The van der Waals surface area contributed by atoms with Gasteiger partial charge in [-0.25, -0.2) is 0 Å². The second kappa shape index (κ2) is 9.01. The molecule has 0 saturated carbocycles. The van der Waals surface area contributed by atoms with Crippen LogP contribution >= 0.6 is 39.0 Å². The van der Waals surface area contributed by atoms with Crippen molar-refractivity contribution in [1.29, 1.82) is 0 Å². The van der Waals surface area contributed by atoms with E-state index in [1.807, 2.05) is 35.6 Å². The molecule has 2 heterocycles. The molecule has 0 saturated heterocycles. The fourth-order valence-electron chi connectivity index (χ4n) is 3.54. The Kier molecular flexibility index (Phi) is 6.43. The molecule has 1 unspecified atom stereocenters. The number of hydrogen-bond donors (Lipinski definition) is 0. The van der Waals surface area contributed by atoms with E-state index in [2.05, 4.69) is 50.7 Å². The van der Waals surface area contributed by atoms with Crippen molar-refractivity contribution in [3.63, 3.8) is 0 Å². The third-order valence-corrected chi connectivity index (χ3v) is 7.96. The van der Waals surface area contributed by atoms with E-state index in [9.17, 15) is 0 Å². The molecular weight excluding hydrogens is 454 g/mol. The van der Waals surface area contributed by atoms with Crippen LogP contribution in [0.2, 0.25) is 0 Å². The van der Waals surface area contributed by atoms with Gasteiger partial charge in [0.15, 0.2) is 11.0 Å². The Bertz CT molecular complexity index is 936. The van der Waals surface area contributed by atoms with Gasteiger partial charge in [-0.05, 0) is 61.1 Å². The van der Waals surface area contributed by atoms with Gasteiger partial charge in [0.1, 0.15) is 5.75 Å². The maximum atomic E-state index is 5.79. The molecule has 0 N–H and O–H groups in total. The molecule has 1 aromatic carbocycles. The average molecular weight is 478 g/mol. The highest BCUT2D eigenvalue weighted by atomic mass is 79.9. The van der Waals surface area contributed by atoms with Crippen LogP contribution in [0.4, 0.5) is 0 Å². The highest BCUT2D eigenvalue weighted by molar-refractivity contribution is 9.10. The predicted octanol–water partition coefficient (Wildman–Crippen LogP) is 5.99. The van der Waals surface area contributed by atoms with E-state index < -0.39 is 0 Å². The van der Waals surface area contributed by atoms with Gasteiger partial charge in [-0.1, -0.05) is 41.0 Å². The van der Waals surface area contributed by atoms with Gasteiger partial charge >= 0.3 is 0 Å². The summed E-state index contributed by atoms with van der Waals surface area (Å²) in [5.74, 6) is 3.54. The van der Waals surface area contributed by atoms with Gasteiger partial charge in [0.05, 0.1) is 11.5 Å². The normalized spacial score (nSPS) is 16.2. The third kappa shape index (κ3) is 4.47. The molecule has 148 valence electrons. The highest BCUT2D eigenvalue weighted by Crippen LogP contribution is 2.38. The SMILES string of the molecule is CCC1CCc2sc(-c3nnc(SCCOc4ccc(Br)cc4)n3C)cc2C1. The third-order valence-electron chi connectivity index (χ3n) is 5.21. The Morgan fingerprint density at radius 1 is 1.29 bits per heavy atom. The van der Waals surface area contributed by atoms with Gasteiger partial charge in [0.25, 0.3) is 0 Å². The van der Waals surface area contributed by atoms with Crippen LogP contribution in [-0.2, 0) is 19.9 Å². The first-order chi connectivity index (χ1) is 13.6. The lowest BCUT2D eigenvalue weighted by atomic mass is 9.87. The smallest absolute Gasteiger partial charge is 0.191 e. The molecule has 1 atom stereocenters. The first kappa shape index (κ1) is 20.0. The summed E-state index contributed by atoms with van der Waals surface area (Å²) in [5.41, 5.74) is 1.53. The monoisotopic (exact) mass is 477 g/mol. The zero-order chi connectivity index (χ0) is 19.5. The lowest BCUT2D eigenvalue weighted by Gasteiger charge is -2.19. The summed E-state index contributed by atoms with van der Waals surface area (Å²) in [6, 6.07) is 10.3. The number of aromatic nitrogens is 3. The van der Waals surface area contributed by atoms with Crippen LogP contribution in [0.5, 0.6) is 5.75 Å². The minimum atomic E-state index is 0.639. The molecule has 0 aliphatic heterocycles. The van der Waals surface area contributed by atoms with Gasteiger partial charge in [-0.3, -0.25) is 0 Å². The van der Waals surface area contributed by atoms with Crippen molar-refractivity contribution in [2.45, 2.75) is 37.8 Å². The van der Waals surface area contributed by atoms with E-state index in [0.717, 1.165) is 32.9 Å². The molecule has 3 aromatic rings. The van der Waals surface area contributed by atoms with E-state index in [-0.39, 0.29) is 0 Å². The lowest BCUT2D eigenvalue weighted by Crippen LogP contribution is -2.10. The van der Waals surface area contributed by atoms with Crippen LogP contribution in [0.15, 0.2) is 40.0 Å². The van der Waals surface area contributed by atoms with Crippen molar-refractivity contribution in [3.8, 4) is 16.5 Å². The largest absolute Gasteiger partial charge is 0.493 e. The first-order valence-corrected chi connectivity index (χ1v) is 12.3. The van der Waals surface area contributed by atoms with E-state index >= 15 is 0 Å². The summed E-state index contributed by atoms with van der Waals surface area (Å²) < 4.78 is 8.96. The molecule has 0 fully saturated rings. The Morgan fingerprint density at radius 3 is 2.89 bits per heavy atom. The molecule has 0 amide bonds. The van der Waals surface area contributed by atoms with Gasteiger partial charge in [0, 0.05) is 22.2 Å². The van der Waals surface area contributed by atoms with Crippen molar-refractivity contribution < 1.29 is 4.74 Å². The molecule has 4 nitrogen and oxygen atoms in total. The van der Waals surface area contributed by atoms with Crippen molar-refractivity contribution in [3.05, 3.63) is 45.2 Å². The zero-order valence-corrected chi connectivity index (χ0v) is 19.4. The maximum Gasteiger partial charge on any atom is 0.191 e. The standard InChI is InChI=1S/C21H24BrN3OS2/c1-3-14-4-9-18-15(12-14)13-19(28-18)20-23-24-21(25(20)2)27-11-10-26-17-7-5-16(22)6-8-17/h5-8,13-14H,3-4,9-12H2,1-2H3. The topological polar surface area (TPSA) is 39.9 Å². The van der Waals surface area contributed by atoms with Crippen LogP contribution in [0, 0.1) is 5.92 Å². The minimum absolute atomic E-state index is 0.639. The second-order valence-electron chi connectivity index (χ2n) is 7.09. The number of rotatable bonds is 7. The first-order valence-electron chi connectivity index (χ1n) is 9.66. The molecule has 1 aliphatic carbocycles. The Morgan fingerprint density at radius 2 is 2.11 bits per heavy atom. The van der Waals surface area contributed by atoms with E-state index in [0.29, 0.717) is 6.61 Å².